The maximum atomic E-state index is 14.7. The van der Waals surface area contributed by atoms with Gasteiger partial charge < -0.3 is 4.52 Å². The summed E-state index contributed by atoms with van der Waals surface area (Å²) < 4.78 is 59.5. The Balaban J connectivity index is 2.02. The summed E-state index contributed by atoms with van der Waals surface area (Å²) in [5.41, 5.74) is -3.98. The summed E-state index contributed by atoms with van der Waals surface area (Å²) in [5.74, 6) is -1.49. The zero-order chi connectivity index (χ0) is 22.7. The molecule has 2 aromatic heterocycles. The summed E-state index contributed by atoms with van der Waals surface area (Å²) >= 11 is 0. The molecule has 0 aliphatic carbocycles. The van der Waals surface area contributed by atoms with Crippen molar-refractivity contribution in [3.63, 3.8) is 0 Å². The van der Waals surface area contributed by atoms with Crippen LogP contribution in [-0.4, -0.2) is 14.3 Å². The molecule has 0 amide bonds. The van der Waals surface area contributed by atoms with E-state index in [0.717, 1.165) is 24.7 Å². The quantitative estimate of drug-likeness (QED) is 0.447. The van der Waals surface area contributed by atoms with Crippen LogP contribution in [0.15, 0.2) is 50.5 Å². The molecule has 0 atom stereocenters. The Labute approximate surface area is 170 Å². The number of hydrogen-bond acceptors (Lipinski definition) is 4. The van der Waals surface area contributed by atoms with Gasteiger partial charge in [-0.05, 0) is 25.1 Å². The summed E-state index contributed by atoms with van der Waals surface area (Å²) in [6.45, 7) is 1.74. The fourth-order valence-corrected chi connectivity index (χ4v) is 3.26. The van der Waals surface area contributed by atoms with E-state index < -0.39 is 40.4 Å². The van der Waals surface area contributed by atoms with Crippen LogP contribution in [0.25, 0.3) is 27.9 Å². The minimum atomic E-state index is -4.95. The predicted octanol–water partition coefficient (Wildman–Crippen LogP) is 3.95. The molecule has 0 aliphatic rings. The standard InChI is InChI=1S/C20H12F4N3O4/c1-9-3-4-14(28)10(5-9)18-11-6-13(12(21)7-15(11)31-25-18)27-17(29)8-16(20(22,23)24)26(2)19(27)30/h3-8H,1-2H3. The van der Waals surface area contributed by atoms with Crippen molar-refractivity contribution in [1.82, 2.24) is 14.3 Å². The molecule has 0 unspecified atom stereocenters. The highest BCUT2D eigenvalue weighted by Gasteiger charge is 2.35. The molecular formula is C20H12F4N3O4. The second-order valence-corrected chi connectivity index (χ2v) is 6.87. The third-order valence-corrected chi connectivity index (χ3v) is 4.78. The van der Waals surface area contributed by atoms with Crippen LogP contribution in [0.3, 0.4) is 0 Å². The second-order valence-electron chi connectivity index (χ2n) is 6.87. The SMILES string of the molecule is Cc1ccc([O])c(-c2noc3cc(F)c(-n4c(=O)cc(C(F)(F)F)n(C)c4=O)cc23)c1. The average molecular weight is 434 g/mol. The molecule has 11 heteroatoms. The molecule has 0 spiro atoms. The molecule has 2 aromatic carbocycles. The van der Waals surface area contributed by atoms with Gasteiger partial charge in [-0.3, -0.25) is 14.5 Å². The number of rotatable bonds is 2. The number of aromatic nitrogens is 3. The van der Waals surface area contributed by atoms with Gasteiger partial charge in [-0.2, -0.15) is 13.2 Å². The van der Waals surface area contributed by atoms with Crippen molar-refractivity contribution in [2.75, 3.05) is 0 Å². The van der Waals surface area contributed by atoms with E-state index in [0.29, 0.717) is 0 Å². The van der Waals surface area contributed by atoms with Crippen LogP contribution in [0.1, 0.15) is 11.3 Å². The third kappa shape index (κ3) is 3.27. The Morgan fingerprint density at radius 2 is 1.77 bits per heavy atom. The van der Waals surface area contributed by atoms with Crippen molar-refractivity contribution in [2.24, 2.45) is 7.05 Å². The zero-order valence-electron chi connectivity index (χ0n) is 16.0. The van der Waals surface area contributed by atoms with Crippen molar-refractivity contribution in [3.8, 4) is 22.7 Å². The molecule has 0 saturated carbocycles. The lowest BCUT2D eigenvalue weighted by Gasteiger charge is -2.14. The van der Waals surface area contributed by atoms with Gasteiger partial charge in [0.15, 0.2) is 17.1 Å². The molecule has 0 aliphatic heterocycles. The van der Waals surface area contributed by atoms with Crippen LogP contribution >= 0.6 is 0 Å². The minimum absolute atomic E-state index is 0.0433. The lowest BCUT2D eigenvalue weighted by molar-refractivity contribution is -0.144. The fraction of sp³-hybridized carbons (Fsp3) is 0.150. The minimum Gasteiger partial charge on any atom is -0.356 e. The van der Waals surface area contributed by atoms with Gasteiger partial charge >= 0.3 is 11.9 Å². The molecule has 31 heavy (non-hydrogen) atoms. The fourth-order valence-electron chi connectivity index (χ4n) is 3.26. The lowest BCUT2D eigenvalue weighted by Crippen LogP contribution is -2.41. The van der Waals surface area contributed by atoms with E-state index in [9.17, 15) is 32.3 Å². The van der Waals surface area contributed by atoms with Crippen LogP contribution in [0.4, 0.5) is 17.6 Å². The van der Waals surface area contributed by atoms with E-state index in [1.54, 1.807) is 13.0 Å². The van der Waals surface area contributed by atoms with Crippen molar-refractivity contribution >= 4 is 11.0 Å². The Kier molecular flexibility index (Phi) is 4.49. The van der Waals surface area contributed by atoms with Gasteiger partial charge in [0.1, 0.15) is 11.4 Å². The molecule has 159 valence electrons. The van der Waals surface area contributed by atoms with Crippen molar-refractivity contribution in [1.29, 1.82) is 0 Å². The lowest BCUT2D eigenvalue weighted by atomic mass is 10.0. The highest BCUT2D eigenvalue weighted by atomic mass is 19.4. The number of aryl methyl sites for hydroxylation is 1. The normalized spacial score (nSPS) is 11.9. The average Bonchev–Trinajstić information content (AvgIpc) is 3.08. The smallest absolute Gasteiger partial charge is 0.356 e. The van der Waals surface area contributed by atoms with Crippen LogP contribution in [0, 0.1) is 12.7 Å². The summed E-state index contributed by atoms with van der Waals surface area (Å²) in [6, 6.07) is 6.51. The molecule has 0 N–H and O–H groups in total. The Bertz CT molecular complexity index is 1460. The van der Waals surface area contributed by atoms with Crippen molar-refractivity contribution in [3.05, 3.63) is 74.3 Å². The van der Waals surface area contributed by atoms with Gasteiger partial charge in [-0.25, -0.2) is 13.8 Å². The van der Waals surface area contributed by atoms with Crippen molar-refractivity contribution in [2.45, 2.75) is 13.1 Å². The Morgan fingerprint density at radius 3 is 2.45 bits per heavy atom. The maximum Gasteiger partial charge on any atom is 0.431 e. The molecular weight excluding hydrogens is 422 g/mol. The first-order chi connectivity index (χ1) is 14.5. The number of alkyl halides is 3. The summed E-state index contributed by atoms with van der Waals surface area (Å²) in [5, 5.41) is 16.1. The van der Waals surface area contributed by atoms with Crippen LogP contribution in [0.5, 0.6) is 5.75 Å². The first kappa shape index (κ1) is 20.4. The van der Waals surface area contributed by atoms with E-state index in [2.05, 4.69) is 5.16 Å². The van der Waals surface area contributed by atoms with E-state index in [1.165, 1.54) is 12.1 Å². The predicted molar refractivity (Wildman–Crippen MR) is 100 cm³/mol. The van der Waals surface area contributed by atoms with E-state index in [-0.39, 0.29) is 37.4 Å². The third-order valence-electron chi connectivity index (χ3n) is 4.78. The number of halogens is 4. The summed E-state index contributed by atoms with van der Waals surface area (Å²) in [7, 11) is 0.818. The van der Waals surface area contributed by atoms with Crippen LogP contribution < -0.4 is 11.2 Å². The number of hydrogen-bond donors (Lipinski definition) is 0. The van der Waals surface area contributed by atoms with Crippen molar-refractivity contribution < 1.29 is 27.2 Å². The van der Waals surface area contributed by atoms with Gasteiger partial charge in [0.05, 0.1) is 16.6 Å². The molecule has 2 heterocycles. The van der Waals surface area contributed by atoms with E-state index >= 15 is 0 Å². The maximum absolute atomic E-state index is 14.7. The topological polar surface area (TPSA) is 89.9 Å². The monoisotopic (exact) mass is 434 g/mol. The van der Waals surface area contributed by atoms with Crippen LogP contribution in [0.2, 0.25) is 0 Å². The Morgan fingerprint density at radius 1 is 1.06 bits per heavy atom. The highest BCUT2D eigenvalue weighted by molar-refractivity contribution is 5.94. The molecule has 0 fully saturated rings. The number of benzene rings is 2. The Hall–Kier alpha value is -3.89. The second kappa shape index (κ2) is 6.83. The summed E-state index contributed by atoms with van der Waals surface area (Å²) in [6.07, 6.45) is -4.95. The van der Waals surface area contributed by atoms with Gasteiger partial charge in [0, 0.05) is 19.2 Å². The number of fused-ring (bicyclic) bond motifs is 1. The largest absolute Gasteiger partial charge is 0.431 e. The highest BCUT2D eigenvalue weighted by Crippen LogP contribution is 2.36. The molecule has 4 aromatic rings. The first-order valence-corrected chi connectivity index (χ1v) is 8.76. The van der Waals surface area contributed by atoms with E-state index in [4.69, 9.17) is 4.52 Å². The first-order valence-electron chi connectivity index (χ1n) is 8.76. The molecule has 4 rings (SSSR count). The van der Waals surface area contributed by atoms with Crippen LogP contribution in [-0.2, 0) is 18.3 Å². The van der Waals surface area contributed by atoms with Gasteiger partial charge in [0.25, 0.3) is 5.56 Å². The van der Waals surface area contributed by atoms with Gasteiger partial charge in [-0.15, -0.1) is 0 Å². The molecule has 0 bridgehead atoms. The van der Waals surface area contributed by atoms with Gasteiger partial charge in [-0.1, -0.05) is 16.8 Å². The number of nitrogens with zero attached hydrogens (tertiary/aromatic N) is 3. The zero-order valence-corrected chi connectivity index (χ0v) is 16.0. The molecule has 0 saturated heterocycles. The molecule has 7 nitrogen and oxygen atoms in total. The van der Waals surface area contributed by atoms with Gasteiger partial charge in [0.2, 0.25) is 0 Å². The summed E-state index contributed by atoms with van der Waals surface area (Å²) in [4.78, 5) is 24.8. The molecule has 1 radical (unpaired) electrons. The van der Waals surface area contributed by atoms with E-state index in [1.807, 2.05) is 0 Å².